The second kappa shape index (κ2) is 4.46. The highest BCUT2D eigenvalue weighted by Crippen LogP contribution is 2.35. The van der Waals surface area contributed by atoms with Gasteiger partial charge in [0, 0.05) is 11.6 Å². The number of aliphatic hydroxyl groups is 1. The second-order valence-corrected chi connectivity index (χ2v) is 5.00. The van der Waals surface area contributed by atoms with Gasteiger partial charge in [0.05, 0.1) is 11.6 Å². The molecule has 88 valence electrons. The third kappa shape index (κ3) is 2.18. The first-order valence-corrected chi connectivity index (χ1v) is 6.36. The standard InChI is InChI=1S/C15H17NO/c17-15(9-11-3-1-4-11)13-6-7-14-12(10-13)5-2-8-16-14/h2,5-8,10-11,15,17H,1,3-4,9H2. The summed E-state index contributed by atoms with van der Waals surface area (Å²) in [4.78, 5) is 4.29. The molecule has 0 bridgehead atoms. The third-order valence-electron chi connectivity index (χ3n) is 3.79. The molecular weight excluding hydrogens is 210 g/mol. The molecule has 1 aromatic carbocycles. The van der Waals surface area contributed by atoms with Crippen LogP contribution in [0.5, 0.6) is 0 Å². The summed E-state index contributed by atoms with van der Waals surface area (Å²) in [5.74, 6) is 0.731. The molecule has 1 heterocycles. The van der Waals surface area contributed by atoms with Gasteiger partial charge >= 0.3 is 0 Å². The molecule has 0 aliphatic heterocycles. The Labute approximate surface area is 101 Å². The van der Waals surface area contributed by atoms with Crippen LogP contribution in [0.3, 0.4) is 0 Å². The summed E-state index contributed by atoms with van der Waals surface area (Å²) in [7, 11) is 0. The molecule has 0 spiro atoms. The van der Waals surface area contributed by atoms with Gasteiger partial charge in [-0.15, -0.1) is 0 Å². The molecule has 0 amide bonds. The molecule has 1 aromatic heterocycles. The van der Waals surface area contributed by atoms with Crippen LogP contribution in [0.2, 0.25) is 0 Å². The van der Waals surface area contributed by atoms with Gasteiger partial charge in [0.15, 0.2) is 0 Å². The Morgan fingerprint density at radius 1 is 1.29 bits per heavy atom. The van der Waals surface area contributed by atoms with Crippen LogP contribution < -0.4 is 0 Å². The van der Waals surface area contributed by atoms with Crippen LogP contribution in [-0.4, -0.2) is 10.1 Å². The molecule has 1 unspecified atom stereocenters. The Balaban J connectivity index is 1.83. The molecule has 2 nitrogen and oxygen atoms in total. The molecule has 1 saturated carbocycles. The zero-order chi connectivity index (χ0) is 11.7. The molecule has 17 heavy (non-hydrogen) atoms. The Hall–Kier alpha value is -1.41. The van der Waals surface area contributed by atoms with E-state index >= 15 is 0 Å². The van der Waals surface area contributed by atoms with Gasteiger partial charge in [0.1, 0.15) is 0 Å². The van der Waals surface area contributed by atoms with Gasteiger partial charge in [-0.1, -0.05) is 31.4 Å². The number of hydrogen-bond donors (Lipinski definition) is 1. The summed E-state index contributed by atoms with van der Waals surface area (Å²) in [6.45, 7) is 0. The Bertz CT molecular complexity index is 519. The molecule has 1 atom stereocenters. The van der Waals surface area contributed by atoms with E-state index in [0.717, 1.165) is 28.8 Å². The van der Waals surface area contributed by atoms with Crippen molar-refractivity contribution in [2.45, 2.75) is 31.8 Å². The van der Waals surface area contributed by atoms with E-state index in [1.54, 1.807) is 6.20 Å². The van der Waals surface area contributed by atoms with Crippen molar-refractivity contribution in [3.63, 3.8) is 0 Å². The average Bonchev–Trinajstić information content (AvgIpc) is 2.33. The largest absolute Gasteiger partial charge is 0.388 e. The van der Waals surface area contributed by atoms with Crippen LogP contribution in [0.15, 0.2) is 36.5 Å². The molecule has 2 aromatic rings. The van der Waals surface area contributed by atoms with Gasteiger partial charge in [0.2, 0.25) is 0 Å². The van der Waals surface area contributed by atoms with E-state index in [0.29, 0.717) is 0 Å². The number of fused-ring (bicyclic) bond motifs is 1. The fourth-order valence-electron chi connectivity index (χ4n) is 2.48. The molecule has 0 radical (unpaired) electrons. The molecule has 0 saturated heterocycles. The fraction of sp³-hybridized carbons (Fsp3) is 0.400. The predicted octanol–water partition coefficient (Wildman–Crippen LogP) is 3.46. The lowest BCUT2D eigenvalue weighted by atomic mass is 9.80. The van der Waals surface area contributed by atoms with Crippen molar-refractivity contribution in [3.8, 4) is 0 Å². The first-order chi connectivity index (χ1) is 8.33. The molecular formula is C15H17NO. The summed E-state index contributed by atoms with van der Waals surface area (Å²) >= 11 is 0. The topological polar surface area (TPSA) is 33.1 Å². The molecule has 1 aliphatic carbocycles. The number of aromatic nitrogens is 1. The summed E-state index contributed by atoms with van der Waals surface area (Å²) in [5.41, 5.74) is 2.02. The maximum atomic E-state index is 10.2. The normalized spacial score (nSPS) is 17.9. The Morgan fingerprint density at radius 2 is 2.18 bits per heavy atom. The van der Waals surface area contributed by atoms with Crippen LogP contribution in [0, 0.1) is 5.92 Å². The van der Waals surface area contributed by atoms with E-state index in [1.165, 1.54) is 19.3 Å². The van der Waals surface area contributed by atoms with Crippen LogP contribution in [-0.2, 0) is 0 Å². The van der Waals surface area contributed by atoms with Crippen molar-refractivity contribution in [1.82, 2.24) is 4.98 Å². The first-order valence-electron chi connectivity index (χ1n) is 6.36. The van der Waals surface area contributed by atoms with Gasteiger partial charge in [-0.05, 0) is 36.1 Å². The quantitative estimate of drug-likeness (QED) is 0.871. The fourth-order valence-corrected chi connectivity index (χ4v) is 2.48. The van der Waals surface area contributed by atoms with E-state index in [-0.39, 0.29) is 6.10 Å². The van der Waals surface area contributed by atoms with E-state index in [2.05, 4.69) is 11.1 Å². The minimum atomic E-state index is -0.315. The highest BCUT2D eigenvalue weighted by molar-refractivity contribution is 5.78. The highest BCUT2D eigenvalue weighted by atomic mass is 16.3. The third-order valence-corrected chi connectivity index (χ3v) is 3.79. The maximum Gasteiger partial charge on any atom is 0.0792 e. The van der Waals surface area contributed by atoms with E-state index in [1.807, 2.05) is 24.3 Å². The zero-order valence-corrected chi connectivity index (χ0v) is 9.84. The number of aliphatic hydroxyl groups excluding tert-OH is 1. The number of hydrogen-bond acceptors (Lipinski definition) is 2. The minimum absolute atomic E-state index is 0.315. The first kappa shape index (κ1) is 10.7. The summed E-state index contributed by atoms with van der Waals surface area (Å²) in [6, 6.07) is 10.0. The van der Waals surface area contributed by atoms with Crippen molar-refractivity contribution in [2.75, 3.05) is 0 Å². The maximum absolute atomic E-state index is 10.2. The lowest BCUT2D eigenvalue weighted by Crippen LogP contribution is -2.14. The van der Waals surface area contributed by atoms with Gasteiger partial charge in [0.25, 0.3) is 0 Å². The van der Waals surface area contributed by atoms with Gasteiger partial charge in [-0.25, -0.2) is 0 Å². The van der Waals surface area contributed by atoms with Crippen LogP contribution in [0.25, 0.3) is 10.9 Å². The second-order valence-electron chi connectivity index (χ2n) is 5.00. The Morgan fingerprint density at radius 3 is 2.94 bits per heavy atom. The van der Waals surface area contributed by atoms with Crippen molar-refractivity contribution in [2.24, 2.45) is 5.92 Å². The minimum Gasteiger partial charge on any atom is -0.388 e. The number of benzene rings is 1. The molecule has 1 aliphatic rings. The van der Waals surface area contributed by atoms with Crippen LogP contribution in [0.1, 0.15) is 37.4 Å². The number of pyridine rings is 1. The predicted molar refractivity (Wildman–Crippen MR) is 68.7 cm³/mol. The monoisotopic (exact) mass is 227 g/mol. The molecule has 2 heteroatoms. The summed E-state index contributed by atoms with van der Waals surface area (Å²) in [5, 5.41) is 11.3. The van der Waals surface area contributed by atoms with Gasteiger partial charge in [-0.3, -0.25) is 4.98 Å². The SMILES string of the molecule is OC(CC1CCC1)c1ccc2ncccc2c1. The average molecular weight is 227 g/mol. The highest BCUT2D eigenvalue weighted by Gasteiger charge is 2.21. The van der Waals surface area contributed by atoms with Crippen molar-refractivity contribution >= 4 is 10.9 Å². The summed E-state index contributed by atoms with van der Waals surface area (Å²) in [6.07, 6.45) is 6.29. The Kier molecular flexibility index (Phi) is 2.81. The van der Waals surface area contributed by atoms with E-state index < -0.39 is 0 Å². The van der Waals surface area contributed by atoms with E-state index in [9.17, 15) is 5.11 Å². The molecule has 1 fully saturated rings. The van der Waals surface area contributed by atoms with Crippen molar-refractivity contribution in [1.29, 1.82) is 0 Å². The van der Waals surface area contributed by atoms with Crippen molar-refractivity contribution < 1.29 is 5.11 Å². The van der Waals surface area contributed by atoms with Gasteiger partial charge in [-0.2, -0.15) is 0 Å². The summed E-state index contributed by atoms with van der Waals surface area (Å²) < 4.78 is 0. The van der Waals surface area contributed by atoms with Gasteiger partial charge < -0.3 is 5.11 Å². The molecule has 3 rings (SSSR count). The number of rotatable bonds is 3. The van der Waals surface area contributed by atoms with Crippen LogP contribution in [0.4, 0.5) is 0 Å². The van der Waals surface area contributed by atoms with Crippen LogP contribution >= 0.6 is 0 Å². The van der Waals surface area contributed by atoms with E-state index in [4.69, 9.17) is 0 Å². The molecule has 1 N–H and O–H groups in total. The lowest BCUT2D eigenvalue weighted by Gasteiger charge is -2.27. The smallest absolute Gasteiger partial charge is 0.0792 e. The van der Waals surface area contributed by atoms with Crippen molar-refractivity contribution in [3.05, 3.63) is 42.1 Å². The number of nitrogens with zero attached hydrogens (tertiary/aromatic N) is 1. The lowest BCUT2D eigenvalue weighted by molar-refractivity contribution is 0.118. The zero-order valence-electron chi connectivity index (χ0n) is 9.84.